The first-order valence-electron chi connectivity index (χ1n) is 7.35. The smallest absolute Gasteiger partial charge is 0.343 e. The van der Waals surface area contributed by atoms with Crippen LogP contribution in [0.4, 0.5) is 4.39 Å². The molecule has 0 fully saturated rings. The number of benzene rings is 1. The fraction of sp³-hybridized carbons (Fsp3) is 0.400. The SMILES string of the molecule is CCCn1c(S[C@@H](C)C(=O)NCc2ccc(F)cc2)n[nH]c1=O. The van der Waals surface area contributed by atoms with Crippen molar-refractivity contribution in [2.24, 2.45) is 0 Å². The molecular formula is C15H19FN4O2S. The minimum absolute atomic E-state index is 0.169. The second-order valence-corrected chi connectivity index (χ2v) is 6.38. The van der Waals surface area contributed by atoms with Crippen LogP contribution in [-0.4, -0.2) is 25.9 Å². The molecule has 0 bridgehead atoms. The van der Waals surface area contributed by atoms with E-state index >= 15 is 0 Å². The topological polar surface area (TPSA) is 79.8 Å². The molecule has 6 nitrogen and oxygen atoms in total. The molecule has 124 valence electrons. The molecule has 0 unspecified atom stereocenters. The van der Waals surface area contributed by atoms with Crippen molar-refractivity contribution in [2.45, 2.75) is 43.8 Å². The fourth-order valence-corrected chi connectivity index (χ4v) is 2.87. The van der Waals surface area contributed by atoms with Crippen molar-refractivity contribution in [3.8, 4) is 0 Å². The molecule has 0 aliphatic carbocycles. The number of hydrogen-bond donors (Lipinski definition) is 2. The number of nitrogens with one attached hydrogen (secondary N) is 2. The normalized spacial score (nSPS) is 12.1. The Hall–Kier alpha value is -2.09. The Morgan fingerprint density at radius 2 is 2.13 bits per heavy atom. The maximum Gasteiger partial charge on any atom is 0.343 e. The summed E-state index contributed by atoms with van der Waals surface area (Å²) in [4.78, 5) is 23.8. The number of nitrogens with zero attached hydrogens (tertiary/aromatic N) is 2. The summed E-state index contributed by atoms with van der Waals surface area (Å²) in [6.07, 6.45) is 0.804. The molecule has 2 N–H and O–H groups in total. The third-order valence-electron chi connectivity index (χ3n) is 3.20. The number of H-pyrrole nitrogens is 1. The van der Waals surface area contributed by atoms with Gasteiger partial charge in [0.1, 0.15) is 5.82 Å². The van der Waals surface area contributed by atoms with Gasteiger partial charge < -0.3 is 5.32 Å². The number of aromatic amines is 1. The van der Waals surface area contributed by atoms with Crippen molar-refractivity contribution < 1.29 is 9.18 Å². The summed E-state index contributed by atoms with van der Waals surface area (Å²) >= 11 is 1.23. The molecule has 0 saturated carbocycles. The highest BCUT2D eigenvalue weighted by atomic mass is 32.2. The van der Waals surface area contributed by atoms with Gasteiger partial charge in [-0.05, 0) is 31.0 Å². The van der Waals surface area contributed by atoms with Crippen LogP contribution in [0.15, 0.2) is 34.2 Å². The van der Waals surface area contributed by atoms with Gasteiger partial charge in [0.25, 0.3) is 0 Å². The highest BCUT2D eigenvalue weighted by Crippen LogP contribution is 2.20. The van der Waals surface area contributed by atoms with Gasteiger partial charge in [-0.25, -0.2) is 14.3 Å². The highest BCUT2D eigenvalue weighted by Gasteiger charge is 2.18. The zero-order valence-corrected chi connectivity index (χ0v) is 13.8. The quantitative estimate of drug-likeness (QED) is 0.756. The highest BCUT2D eigenvalue weighted by molar-refractivity contribution is 8.00. The Labute approximate surface area is 137 Å². The van der Waals surface area contributed by atoms with Crippen molar-refractivity contribution in [3.63, 3.8) is 0 Å². The van der Waals surface area contributed by atoms with Crippen molar-refractivity contribution in [2.75, 3.05) is 0 Å². The second kappa shape index (κ2) is 7.96. The molecule has 1 atom stereocenters. The number of hydrogen-bond acceptors (Lipinski definition) is 4. The summed E-state index contributed by atoms with van der Waals surface area (Å²) in [5, 5.41) is 9.24. The molecule has 8 heteroatoms. The maximum absolute atomic E-state index is 12.8. The Kier molecular flexibility index (Phi) is 5.97. The molecule has 23 heavy (non-hydrogen) atoms. The number of halogens is 1. The Morgan fingerprint density at radius 3 is 2.78 bits per heavy atom. The van der Waals surface area contributed by atoms with Gasteiger partial charge in [-0.3, -0.25) is 9.36 Å². The summed E-state index contributed by atoms with van der Waals surface area (Å²) in [5.41, 5.74) is 0.549. The van der Waals surface area contributed by atoms with Gasteiger partial charge in [0.15, 0.2) is 5.16 Å². The summed E-state index contributed by atoms with van der Waals surface area (Å²) in [6, 6.07) is 5.96. The third kappa shape index (κ3) is 4.69. The van der Waals surface area contributed by atoms with Crippen LogP contribution in [0.5, 0.6) is 0 Å². The standard InChI is InChI=1S/C15H19FN4O2S/c1-3-8-20-14(22)18-19-15(20)23-10(2)13(21)17-9-11-4-6-12(16)7-5-11/h4-7,10H,3,8-9H2,1-2H3,(H,17,21)(H,18,22)/t10-/m0/s1. The Bertz CT molecular complexity index is 711. The molecule has 0 spiro atoms. The molecule has 0 radical (unpaired) electrons. The van der Waals surface area contributed by atoms with Crippen LogP contribution < -0.4 is 11.0 Å². The maximum atomic E-state index is 12.8. The molecule has 0 aliphatic rings. The lowest BCUT2D eigenvalue weighted by molar-refractivity contribution is -0.120. The number of thioether (sulfide) groups is 1. The summed E-state index contributed by atoms with van der Waals surface area (Å²) < 4.78 is 14.4. The van der Waals surface area contributed by atoms with Gasteiger partial charge in [-0.1, -0.05) is 30.8 Å². The van der Waals surface area contributed by atoms with Crippen molar-refractivity contribution in [3.05, 3.63) is 46.1 Å². The van der Waals surface area contributed by atoms with Gasteiger partial charge in [0.2, 0.25) is 5.91 Å². The van der Waals surface area contributed by atoms with Gasteiger partial charge in [-0.2, -0.15) is 0 Å². The van der Waals surface area contributed by atoms with Crippen LogP contribution in [0, 0.1) is 5.82 Å². The first-order chi connectivity index (χ1) is 11.0. The minimum Gasteiger partial charge on any atom is -0.351 e. The van der Waals surface area contributed by atoms with E-state index in [4.69, 9.17) is 0 Å². The van der Waals surface area contributed by atoms with Crippen LogP contribution in [-0.2, 0) is 17.9 Å². The van der Waals surface area contributed by atoms with Gasteiger partial charge in [0.05, 0.1) is 5.25 Å². The van der Waals surface area contributed by atoms with Crippen LogP contribution in [0.3, 0.4) is 0 Å². The average molecular weight is 338 g/mol. The largest absolute Gasteiger partial charge is 0.351 e. The van der Waals surface area contributed by atoms with Crippen molar-refractivity contribution in [1.29, 1.82) is 0 Å². The zero-order valence-electron chi connectivity index (χ0n) is 13.0. The Balaban J connectivity index is 1.92. The lowest BCUT2D eigenvalue weighted by atomic mass is 10.2. The Morgan fingerprint density at radius 1 is 1.43 bits per heavy atom. The van der Waals surface area contributed by atoms with Crippen LogP contribution in [0.2, 0.25) is 0 Å². The van der Waals surface area contributed by atoms with Gasteiger partial charge in [-0.15, -0.1) is 5.10 Å². The number of amides is 1. The lowest BCUT2D eigenvalue weighted by Crippen LogP contribution is -2.30. The fourth-order valence-electron chi connectivity index (χ4n) is 1.96. The molecule has 0 saturated heterocycles. The van der Waals surface area contributed by atoms with E-state index in [1.165, 1.54) is 28.5 Å². The number of rotatable bonds is 7. The number of carbonyl (C=O) groups excluding carboxylic acids is 1. The average Bonchev–Trinajstić information content (AvgIpc) is 2.87. The van der Waals surface area contributed by atoms with E-state index in [1.54, 1.807) is 19.1 Å². The second-order valence-electron chi connectivity index (χ2n) is 5.07. The third-order valence-corrected chi connectivity index (χ3v) is 4.29. The van der Waals surface area contributed by atoms with E-state index < -0.39 is 5.25 Å². The predicted molar refractivity (Wildman–Crippen MR) is 86.7 cm³/mol. The molecule has 2 rings (SSSR count). The van der Waals surface area contributed by atoms with E-state index in [0.717, 1.165) is 12.0 Å². The van der Waals surface area contributed by atoms with Crippen LogP contribution in [0.1, 0.15) is 25.8 Å². The number of aromatic nitrogens is 3. The van der Waals surface area contributed by atoms with Gasteiger partial charge >= 0.3 is 5.69 Å². The predicted octanol–water partition coefficient (Wildman–Crippen LogP) is 1.92. The first-order valence-corrected chi connectivity index (χ1v) is 8.23. The zero-order chi connectivity index (χ0) is 16.8. The van der Waals surface area contributed by atoms with E-state index in [2.05, 4.69) is 15.5 Å². The summed E-state index contributed by atoms with van der Waals surface area (Å²) in [7, 11) is 0. The lowest BCUT2D eigenvalue weighted by Gasteiger charge is -2.12. The van der Waals surface area contributed by atoms with E-state index in [1.807, 2.05) is 6.92 Å². The molecule has 1 aromatic heterocycles. The van der Waals surface area contributed by atoms with Gasteiger partial charge in [0, 0.05) is 13.1 Å². The van der Waals surface area contributed by atoms with Crippen molar-refractivity contribution >= 4 is 17.7 Å². The first kappa shape index (κ1) is 17.3. The molecule has 1 aromatic carbocycles. The van der Waals surface area contributed by atoms with Crippen LogP contribution >= 0.6 is 11.8 Å². The van der Waals surface area contributed by atoms with Crippen LogP contribution in [0.25, 0.3) is 0 Å². The molecular weight excluding hydrogens is 319 g/mol. The van der Waals surface area contributed by atoms with Crippen molar-refractivity contribution in [1.82, 2.24) is 20.1 Å². The minimum atomic E-state index is -0.402. The molecule has 0 aliphatic heterocycles. The number of carbonyl (C=O) groups is 1. The summed E-state index contributed by atoms with van der Waals surface area (Å²) in [6.45, 7) is 4.60. The molecule has 1 amide bonds. The summed E-state index contributed by atoms with van der Waals surface area (Å²) in [5.74, 6) is -0.478. The van der Waals surface area contributed by atoms with E-state index in [0.29, 0.717) is 18.2 Å². The van der Waals surface area contributed by atoms with E-state index in [9.17, 15) is 14.0 Å². The molecule has 1 heterocycles. The monoisotopic (exact) mass is 338 g/mol. The van der Waals surface area contributed by atoms with E-state index in [-0.39, 0.29) is 17.4 Å². The molecule has 2 aromatic rings.